The Kier molecular flexibility index (Phi) is 5.92. The standard InChI is InChI=1S/C16H23NO2S/c1-13-3-2-4-15(9-13)11-20-12-16(19)17-7-5-14(10-17)6-8-18/h2-4,9,14,18H,5-8,10-12H2,1H3. The number of nitrogens with zero attached hydrogens (tertiary/aromatic N) is 1. The number of rotatable bonds is 6. The van der Waals surface area contributed by atoms with Gasteiger partial charge in [0.05, 0.1) is 5.75 Å². The summed E-state index contributed by atoms with van der Waals surface area (Å²) in [4.78, 5) is 14.0. The largest absolute Gasteiger partial charge is 0.396 e. The minimum atomic E-state index is 0.231. The molecule has 0 radical (unpaired) electrons. The van der Waals surface area contributed by atoms with E-state index in [2.05, 4.69) is 31.2 Å². The molecule has 1 N–H and O–H groups in total. The van der Waals surface area contributed by atoms with Gasteiger partial charge in [-0.05, 0) is 31.2 Å². The van der Waals surface area contributed by atoms with Crippen molar-refractivity contribution in [1.82, 2.24) is 4.90 Å². The summed E-state index contributed by atoms with van der Waals surface area (Å²) in [6.07, 6.45) is 1.86. The van der Waals surface area contributed by atoms with E-state index in [1.807, 2.05) is 4.90 Å². The van der Waals surface area contributed by atoms with Crippen LogP contribution in [-0.4, -0.2) is 41.4 Å². The quantitative estimate of drug-likeness (QED) is 0.876. The molecular formula is C16H23NO2S. The molecule has 1 unspecified atom stereocenters. The van der Waals surface area contributed by atoms with Crippen molar-refractivity contribution in [3.63, 3.8) is 0 Å². The first-order chi connectivity index (χ1) is 9.69. The first-order valence-corrected chi connectivity index (χ1v) is 8.36. The van der Waals surface area contributed by atoms with E-state index in [9.17, 15) is 4.79 Å². The van der Waals surface area contributed by atoms with Crippen LogP contribution in [0.5, 0.6) is 0 Å². The average molecular weight is 293 g/mol. The highest BCUT2D eigenvalue weighted by Crippen LogP contribution is 2.21. The fourth-order valence-electron chi connectivity index (χ4n) is 2.63. The topological polar surface area (TPSA) is 40.5 Å². The predicted octanol–water partition coefficient (Wildman–Crippen LogP) is 2.46. The summed E-state index contributed by atoms with van der Waals surface area (Å²) in [5, 5.41) is 8.93. The number of hydrogen-bond donors (Lipinski definition) is 1. The molecule has 4 heteroatoms. The minimum absolute atomic E-state index is 0.231. The number of aryl methyl sites for hydroxylation is 1. The highest BCUT2D eigenvalue weighted by atomic mass is 32.2. The molecule has 0 aliphatic carbocycles. The monoisotopic (exact) mass is 293 g/mol. The van der Waals surface area contributed by atoms with E-state index in [-0.39, 0.29) is 12.5 Å². The van der Waals surface area contributed by atoms with Crippen molar-refractivity contribution < 1.29 is 9.90 Å². The molecule has 1 fully saturated rings. The molecule has 0 bridgehead atoms. The number of aliphatic hydroxyl groups is 1. The van der Waals surface area contributed by atoms with Gasteiger partial charge >= 0.3 is 0 Å². The lowest BCUT2D eigenvalue weighted by Crippen LogP contribution is -2.30. The van der Waals surface area contributed by atoms with Crippen molar-refractivity contribution in [1.29, 1.82) is 0 Å². The van der Waals surface area contributed by atoms with Gasteiger partial charge in [-0.1, -0.05) is 29.8 Å². The van der Waals surface area contributed by atoms with Crippen LogP contribution in [0.25, 0.3) is 0 Å². The number of likely N-dealkylation sites (tertiary alicyclic amines) is 1. The van der Waals surface area contributed by atoms with Crippen LogP contribution in [0.4, 0.5) is 0 Å². The van der Waals surface area contributed by atoms with Crippen molar-refractivity contribution in [3.8, 4) is 0 Å². The number of hydrogen-bond acceptors (Lipinski definition) is 3. The normalized spacial score (nSPS) is 18.5. The molecule has 0 aromatic heterocycles. The summed E-state index contributed by atoms with van der Waals surface area (Å²) in [7, 11) is 0. The Bertz CT molecular complexity index is 450. The van der Waals surface area contributed by atoms with Gasteiger partial charge in [-0.25, -0.2) is 0 Å². The molecule has 0 spiro atoms. The van der Waals surface area contributed by atoms with Gasteiger partial charge in [0.2, 0.25) is 5.91 Å². The SMILES string of the molecule is Cc1cccc(CSCC(=O)N2CCC(CCO)C2)c1. The highest BCUT2D eigenvalue weighted by molar-refractivity contribution is 7.99. The van der Waals surface area contributed by atoms with Crippen LogP contribution in [-0.2, 0) is 10.5 Å². The molecule has 1 atom stereocenters. The molecule has 1 heterocycles. The van der Waals surface area contributed by atoms with Crippen LogP contribution in [0.15, 0.2) is 24.3 Å². The second kappa shape index (κ2) is 7.70. The van der Waals surface area contributed by atoms with E-state index in [1.54, 1.807) is 11.8 Å². The van der Waals surface area contributed by atoms with Crippen molar-refractivity contribution in [2.24, 2.45) is 5.92 Å². The maximum Gasteiger partial charge on any atom is 0.232 e. The zero-order valence-corrected chi connectivity index (χ0v) is 12.9. The van der Waals surface area contributed by atoms with Gasteiger partial charge in [0, 0.05) is 25.4 Å². The maximum atomic E-state index is 12.1. The highest BCUT2D eigenvalue weighted by Gasteiger charge is 2.25. The fraction of sp³-hybridized carbons (Fsp3) is 0.562. The molecule has 1 aromatic carbocycles. The molecule has 0 saturated carbocycles. The van der Waals surface area contributed by atoms with Gasteiger partial charge in [0.1, 0.15) is 0 Å². The maximum absolute atomic E-state index is 12.1. The number of benzene rings is 1. The fourth-order valence-corrected chi connectivity index (χ4v) is 3.50. The molecule has 1 aliphatic heterocycles. The lowest BCUT2D eigenvalue weighted by Gasteiger charge is -2.16. The Morgan fingerprint density at radius 3 is 3.10 bits per heavy atom. The lowest BCUT2D eigenvalue weighted by atomic mass is 10.1. The second-order valence-electron chi connectivity index (χ2n) is 5.49. The summed E-state index contributed by atoms with van der Waals surface area (Å²) in [5.74, 6) is 2.18. The molecule has 1 aromatic rings. The molecule has 1 saturated heterocycles. The van der Waals surface area contributed by atoms with Crippen LogP contribution in [0, 0.1) is 12.8 Å². The minimum Gasteiger partial charge on any atom is -0.396 e. The summed E-state index contributed by atoms with van der Waals surface area (Å²) in [6, 6.07) is 8.43. The number of amides is 1. The number of thioether (sulfide) groups is 1. The Morgan fingerprint density at radius 1 is 1.50 bits per heavy atom. The number of carbonyl (C=O) groups is 1. The van der Waals surface area contributed by atoms with Gasteiger partial charge in [0.15, 0.2) is 0 Å². The van der Waals surface area contributed by atoms with Gasteiger partial charge in [-0.2, -0.15) is 0 Å². The van der Waals surface area contributed by atoms with E-state index in [4.69, 9.17) is 5.11 Å². The lowest BCUT2D eigenvalue weighted by molar-refractivity contribution is -0.127. The molecule has 2 rings (SSSR count). The summed E-state index contributed by atoms with van der Waals surface area (Å²) in [6.45, 7) is 4.00. The van der Waals surface area contributed by atoms with Gasteiger partial charge in [-0.3, -0.25) is 4.79 Å². The van der Waals surface area contributed by atoms with Crippen LogP contribution in [0.3, 0.4) is 0 Å². The zero-order chi connectivity index (χ0) is 14.4. The van der Waals surface area contributed by atoms with Gasteiger partial charge < -0.3 is 10.0 Å². The second-order valence-corrected chi connectivity index (χ2v) is 6.47. The summed E-state index contributed by atoms with van der Waals surface area (Å²) < 4.78 is 0. The van der Waals surface area contributed by atoms with E-state index in [1.165, 1.54) is 11.1 Å². The number of aliphatic hydroxyl groups excluding tert-OH is 1. The van der Waals surface area contributed by atoms with Gasteiger partial charge in [0.25, 0.3) is 0 Å². The van der Waals surface area contributed by atoms with Crippen LogP contribution >= 0.6 is 11.8 Å². The first-order valence-electron chi connectivity index (χ1n) is 7.21. The van der Waals surface area contributed by atoms with Crippen LogP contribution in [0.1, 0.15) is 24.0 Å². The first kappa shape index (κ1) is 15.4. The molecule has 20 heavy (non-hydrogen) atoms. The third-order valence-corrected chi connectivity index (χ3v) is 4.74. The Hall–Kier alpha value is -1.00. The van der Waals surface area contributed by atoms with Crippen molar-refractivity contribution >= 4 is 17.7 Å². The molecule has 1 amide bonds. The van der Waals surface area contributed by atoms with Crippen molar-refractivity contribution in [2.45, 2.75) is 25.5 Å². The van der Waals surface area contributed by atoms with Crippen molar-refractivity contribution in [2.75, 3.05) is 25.4 Å². The molecular weight excluding hydrogens is 270 g/mol. The van der Waals surface area contributed by atoms with Crippen LogP contribution < -0.4 is 0 Å². The van der Waals surface area contributed by atoms with Gasteiger partial charge in [-0.15, -0.1) is 11.8 Å². The number of carbonyl (C=O) groups excluding carboxylic acids is 1. The third-order valence-electron chi connectivity index (χ3n) is 3.75. The van der Waals surface area contributed by atoms with Crippen LogP contribution in [0.2, 0.25) is 0 Å². The van der Waals surface area contributed by atoms with E-state index in [0.717, 1.165) is 31.7 Å². The summed E-state index contributed by atoms with van der Waals surface area (Å²) >= 11 is 1.68. The van der Waals surface area contributed by atoms with E-state index in [0.29, 0.717) is 11.7 Å². The summed E-state index contributed by atoms with van der Waals surface area (Å²) in [5.41, 5.74) is 2.54. The Morgan fingerprint density at radius 2 is 2.35 bits per heavy atom. The Balaban J connectivity index is 1.70. The predicted molar refractivity (Wildman–Crippen MR) is 83.7 cm³/mol. The smallest absolute Gasteiger partial charge is 0.232 e. The van der Waals surface area contributed by atoms with E-state index < -0.39 is 0 Å². The Labute approximate surface area is 125 Å². The molecule has 3 nitrogen and oxygen atoms in total. The molecule has 1 aliphatic rings. The zero-order valence-electron chi connectivity index (χ0n) is 12.0. The average Bonchev–Trinajstić information content (AvgIpc) is 2.88. The van der Waals surface area contributed by atoms with Crippen molar-refractivity contribution in [3.05, 3.63) is 35.4 Å². The third kappa shape index (κ3) is 4.53. The molecule has 110 valence electrons. The van der Waals surface area contributed by atoms with E-state index >= 15 is 0 Å².